The summed E-state index contributed by atoms with van der Waals surface area (Å²) in [6, 6.07) is 5.25. The van der Waals surface area contributed by atoms with E-state index in [1.54, 1.807) is 24.3 Å². The van der Waals surface area contributed by atoms with Crippen LogP contribution in [0.1, 0.15) is 36.7 Å². The Labute approximate surface area is 124 Å². The first-order valence-corrected chi connectivity index (χ1v) is 6.62. The number of hydrogen-bond acceptors (Lipinski definition) is 4. The van der Waals surface area contributed by atoms with Crippen LogP contribution in [-0.4, -0.2) is 31.6 Å². The maximum absolute atomic E-state index is 11.4. The Morgan fingerprint density at radius 3 is 2.62 bits per heavy atom. The van der Waals surface area contributed by atoms with Gasteiger partial charge in [-0.3, -0.25) is 4.79 Å². The van der Waals surface area contributed by atoms with E-state index in [2.05, 4.69) is 5.32 Å². The number of carbonyl (C=O) groups excluding carboxylic acids is 2. The second-order valence-electron chi connectivity index (χ2n) is 5.40. The van der Waals surface area contributed by atoms with E-state index in [1.165, 1.54) is 7.11 Å². The summed E-state index contributed by atoms with van der Waals surface area (Å²) in [5.41, 5.74) is 0.871. The summed E-state index contributed by atoms with van der Waals surface area (Å²) < 4.78 is 10.2. The Morgan fingerprint density at radius 1 is 1.33 bits per heavy atom. The second-order valence-corrected chi connectivity index (χ2v) is 5.40. The van der Waals surface area contributed by atoms with E-state index >= 15 is 0 Å². The molecule has 5 nitrogen and oxygen atoms in total. The predicted octanol–water partition coefficient (Wildman–Crippen LogP) is 3.05. The van der Waals surface area contributed by atoms with Crippen molar-refractivity contribution in [1.82, 2.24) is 5.32 Å². The summed E-state index contributed by atoms with van der Waals surface area (Å²) in [5, 5.41) is 2.63. The first-order valence-electron chi connectivity index (χ1n) is 6.62. The predicted molar refractivity (Wildman–Crippen MR) is 81.7 cm³/mol. The highest BCUT2D eigenvalue weighted by atomic mass is 16.6. The monoisotopic (exact) mass is 291 g/mol. The normalized spacial score (nSPS) is 11.2. The molecule has 0 atom stereocenters. The van der Waals surface area contributed by atoms with Gasteiger partial charge >= 0.3 is 6.09 Å². The molecule has 0 aliphatic carbocycles. The van der Waals surface area contributed by atoms with Gasteiger partial charge in [-0.05, 0) is 38.5 Å². The minimum atomic E-state index is -0.508. The van der Waals surface area contributed by atoms with E-state index in [-0.39, 0.29) is 0 Å². The lowest BCUT2D eigenvalue weighted by atomic mass is 10.1. The first kappa shape index (κ1) is 16.8. The number of methoxy groups -OCH3 is 1. The van der Waals surface area contributed by atoms with Gasteiger partial charge in [0, 0.05) is 6.54 Å². The van der Waals surface area contributed by atoms with Crippen molar-refractivity contribution in [3.8, 4) is 5.75 Å². The number of hydrogen-bond donors (Lipinski definition) is 1. The minimum Gasteiger partial charge on any atom is -0.496 e. The van der Waals surface area contributed by atoms with Crippen molar-refractivity contribution in [3.63, 3.8) is 0 Å². The molecule has 0 spiro atoms. The van der Waals surface area contributed by atoms with Crippen LogP contribution in [0.15, 0.2) is 24.3 Å². The van der Waals surface area contributed by atoms with Crippen molar-refractivity contribution >= 4 is 18.5 Å². The number of nitrogens with one attached hydrogen (secondary N) is 1. The topological polar surface area (TPSA) is 64.6 Å². The van der Waals surface area contributed by atoms with Crippen molar-refractivity contribution in [2.75, 3.05) is 13.7 Å². The zero-order valence-electron chi connectivity index (χ0n) is 12.8. The number of carbonyl (C=O) groups is 2. The highest BCUT2D eigenvalue weighted by Gasteiger charge is 2.14. The van der Waals surface area contributed by atoms with Crippen LogP contribution >= 0.6 is 0 Å². The van der Waals surface area contributed by atoms with Gasteiger partial charge in [0.05, 0.1) is 12.7 Å². The van der Waals surface area contributed by atoms with E-state index in [0.717, 1.165) is 11.8 Å². The SMILES string of the molecule is COc1cc(C=CCNC(=O)OC(C)(C)C)ccc1C=O. The summed E-state index contributed by atoms with van der Waals surface area (Å²) in [6.45, 7) is 5.78. The molecule has 0 saturated carbocycles. The zero-order chi connectivity index (χ0) is 15.9. The summed E-state index contributed by atoms with van der Waals surface area (Å²) in [6.07, 6.45) is 3.91. The third kappa shape index (κ3) is 6.12. The van der Waals surface area contributed by atoms with E-state index in [1.807, 2.05) is 26.8 Å². The van der Waals surface area contributed by atoms with Gasteiger partial charge in [0.2, 0.25) is 0 Å². The fourth-order valence-electron chi connectivity index (χ4n) is 1.58. The zero-order valence-corrected chi connectivity index (χ0v) is 12.8. The minimum absolute atomic E-state index is 0.354. The summed E-state index contributed by atoms with van der Waals surface area (Å²) in [5.74, 6) is 0.521. The summed E-state index contributed by atoms with van der Waals surface area (Å²) >= 11 is 0. The van der Waals surface area contributed by atoms with Gasteiger partial charge in [0.1, 0.15) is 11.4 Å². The quantitative estimate of drug-likeness (QED) is 0.847. The summed E-state index contributed by atoms with van der Waals surface area (Å²) in [7, 11) is 1.51. The first-order chi connectivity index (χ1) is 9.85. The molecule has 0 aliphatic heterocycles. The van der Waals surface area contributed by atoms with Crippen LogP contribution in [-0.2, 0) is 4.74 Å². The molecule has 21 heavy (non-hydrogen) atoms. The lowest BCUT2D eigenvalue weighted by molar-refractivity contribution is 0.0534. The molecule has 1 aromatic rings. The molecule has 0 bridgehead atoms. The largest absolute Gasteiger partial charge is 0.496 e. The van der Waals surface area contributed by atoms with Crippen LogP contribution in [0.25, 0.3) is 6.08 Å². The molecule has 1 aromatic carbocycles. The third-order valence-corrected chi connectivity index (χ3v) is 2.46. The Kier molecular flexibility index (Phi) is 5.96. The van der Waals surface area contributed by atoms with Crippen molar-refractivity contribution in [2.45, 2.75) is 26.4 Å². The van der Waals surface area contributed by atoms with Gasteiger partial charge in [-0.15, -0.1) is 0 Å². The highest BCUT2D eigenvalue weighted by molar-refractivity contribution is 5.80. The van der Waals surface area contributed by atoms with Crippen molar-refractivity contribution in [1.29, 1.82) is 0 Å². The van der Waals surface area contributed by atoms with Gasteiger partial charge in [-0.25, -0.2) is 4.79 Å². The fourth-order valence-corrected chi connectivity index (χ4v) is 1.58. The molecule has 0 aliphatic rings. The van der Waals surface area contributed by atoms with Crippen molar-refractivity contribution in [2.24, 2.45) is 0 Å². The maximum Gasteiger partial charge on any atom is 0.407 e. The highest BCUT2D eigenvalue weighted by Crippen LogP contribution is 2.19. The van der Waals surface area contributed by atoms with Gasteiger partial charge in [-0.1, -0.05) is 18.2 Å². The van der Waals surface area contributed by atoms with Crippen LogP contribution in [0.5, 0.6) is 5.75 Å². The third-order valence-electron chi connectivity index (χ3n) is 2.46. The average molecular weight is 291 g/mol. The standard InChI is InChI=1S/C16H21NO4/c1-16(2,3)21-15(19)17-9-5-6-12-7-8-13(11-18)14(10-12)20-4/h5-8,10-11H,9H2,1-4H3,(H,17,19). The van der Waals surface area contributed by atoms with E-state index in [4.69, 9.17) is 9.47 Å². The molecule has 114 valence electrons. The number of benzene rings is 1. The molecule has 0 aromatic heterocycles. The number of aldehydes is 1. The summed E-state index contributed by atoms with van der Waals surface area (Å²) in [4.78, 5) is 22.2. The van der Waals surface area contributed by atoms with E-state index in [9.17, 15) is 9.59 Å². The average Bonchev–Trinajstić information content (AvgIpc) is 2.41. The maximum atomic E-state index is 11.4. The smallest absolute Gasteiger partial charge is 0.407 e. The van der Waals surface area contributed by atoms with E-state index < -0.39 is 11.7 Å². The Bertz CT molecular complexity index is 530. The van der Waals surface area contributed by atoms with E-state index in [0.29, 0.717) is 17.9 Å². The van der Waals surface area contributed by atoms with Crippen LogP contribution < -0.4 is 10.1 Å². The number of amides is 1. The Hall–Kier alpha value is -2.30. The number of alkyl carbamates (subject to hydrolysis) is 1. The fraction of sp³-hybridized carbons (Fsp3) is 0.375. The molecule has 1 rings (SSSR count). The van der Waals surface area contributed by atoms with Crippen LogP contribution in [0.4, 0.5) is 4.79 Å². The van der Waals surface area contributed by atoms with Gasteiger partial charge < -0.3 is 14.8 Å². The molecule has 0 fully saturated rings. The van der Waals surface area contributed by atoms with Crippen LogP contribution in [0.3, 0.4) is 0 Å². The molecular formula is C16H21NO4. The molecule has 0 heterocycles. The lowest BCUT2D eigenvalue weighted by Gasteiger charge is -2.19. The van der Waals surface area contributed by atoms with Crippen molar-refractivity contribution in [3.05, 3.63) is 35.4 Å². The van der Waals surface area contributed by atoms with Crippen LogP contribution in [0.2, 0.25) is 0 Å². The molecule has 1 N–H and O–H groups in total. The lowest BCUT2D eigenvalue weighted by Crippen LogP contribution is -2.32. The number of ether oxygens (including phenoxy) is 2. The molecule has 0 radical (unpaired) electrons. The number of rotatable bonds is 5. The Balaban J connectivity index is 2.54. The Morgan fingerprint density at radius 2 is 2.05 bits per heavy atom. The molecular weight excluding hydrogens is 270 g/mol. The second kappa shape index (κ2) is 7.47. The van der Waals surface area contributed by atoms with Gasteiger partial charge in [0.15, 0.2) is 6.29 Å². The van der Waals surface area contributed by atoms with Crippen molar-refractivity contribution < 1.29 is 19.1 Å². The molecule has 5 heteroatoms. The molecule has 0 unspecified atom stereocenters. The van der Waals surface area contributed by atoms with Gasteiger partial charge in [-0.2, -0.15) is 0 Å². The van der Waals surface area contributed by atoms with Gasteiger partial charge in [0.25, 0.3) is 0 Å². The molecule has 0 saturated heterocycles. The molecule has 1 amide bonds. The van der Waals surface area contributed by atoms with Crippen LogP contribution in [0, 0.1) is 0 Å².